The van der Waals surface area contributed by atoms with E-state index in [0.717, 1.165) is 44.3 Å². The first-order valence-electron chi connectivity index (χ1n) is 11.1. The van der Waals surface area contributed by atoms with E-state index < -0.39 is 0 Å². The molecular formula is C26H28N4O2. The summed E-state index contributed by atoms with van der Waals surface area (Å²) in [6.07, 6.45) is 3.78. The Labute approximate surface area is 188 Å². The summed E-state index contributed by atoms with van der Waals surface area (Å²) in [4.78, 5) is 4.46. The van der Waals surface area contributed by atoms with E-state index in [0.29, 0.717) is 29.2 Å². The average molecular weight is 429 g/mol. The van der Waals surface area contributed by atoms with Crippen LogP contribution in [0.3, 0.4) is 0 Å². The van der Waals surface area contributed by atoms with Crippen molar-refractivity contribution < 1.29 is 9.84 Å². The maximum atomic E-state index is 10.7. The van der Waals surface area contributed by atoms with Crippen LogP contribution in [0.4, 0.5) is 5.82 Å². The molecule has 0 bridgehead atoms. The molecule has 2 aromatic carbocycles. The number of nitrogens with zero attached hydrogens (tertiary/aromatic N) is 2. The minimum atomic E-state index is 0.0786. The van der Waals surface area contributed by atoms with Crippen molar-refractivity contribution in [3.63, 3.8) is 0 Å². The van der Waals surface area contributed by atoms with Gasteiger partial charge in [-0.25, -0.2) is 4.98 Å². The summed E-state index contributed by atoms with van der Waals surface area (Å²) in [6.45, 7) is 2.28. The van der Waals surface area contributed by atoms with Gasteiger partial charge in [0.1, 0.15) is 23.4 Å². The number of pyridine rings is 1. The second-order valence-corrected chi connectivity index (χ2v) is 8.10. The Morgan fingerprint density at radius 2 is 2.03 bits per heavy atom. The van der Waals surface area contributed by atoms with Gasteiger partial charge in [-0.05, 0) is 67.5 Å². The van der Waals surface area contributed by atoms with Gasteiger partial charge in [0, 0.05) is 6.54 Å². The number of aromatic hydroxyl groups is 1. The predicted octanol–water partition coefficient (Wildman–Crippen LogP) is 4.39. The lowest BCUT2D eigenvalue weighted by Gasteiger charge is -2.25. The number of anilines is 1. The number of nitriles is 1. The van der Waals surface area contributed by atoms with Gasteiger partial charge in [-0.3, -0.25) is 0 Å². The first-order chi connectivity index (χ1) is 15.7. The van der Waals surface area contributed by atoms with E-state index >= 15 is 0 Å². The molecule has 0 aliphatic carbocycles. The van der Waals surface area contributed by atoms with E-state index in [2.05, 4.69) is 28.5 Å². The molecule has 1 unspecified atom stereocenters. The van der Waals surface area contributed by atoms with Gasteiger partial charge in [-0.15, -0.1) is 0 Å². The molecule has 1 atom stereocenters. The molecule has 0 radical (unpaired) electrons. The molecule has 2 heterocycles. The van der Waals surface area contributed by atoms with Crippen molar-refractivity contribution in [1.82, 2.24) is 10.3 Å². The number of phenols is 1. The highest BCUT2D eigenvalue weighted by Gasteiger charge is 2.23. The quantitative estimate of drug-likeness (QED) is 0.482. The molecule has 6 nitrogen and oxygen atoms in total. The molecule has 4 N–H and O–H groups in total. The fraction of sp³-hybridized carbons (Fsp3) is 0.308. The van der Waals surface area contributed by atoms with Gasteiger partial charge in [0.2, 0.25) is 0 Å². The first kappa shape index (κ1) is 21.7. The summed E-state index contributed by atoms with van der Waals surface area (Å²) in [5, 5.41) is 23.7. The third kappa shape index (κ3) is 4.84. The number of benzene rings is 2. The molecule has 1 saturated heterocycles. The number of ether oxygens (including phenoxy) is 1. The summed E-state index contributed by atoms with van der Waals surface area (Å²) in [7, 11) is 0. The zero-order valence-electron chi connectivity index (χ0n) is 18.1. The number of piperidine rings is 1. The largest absolute Gasteiger partial charge is 0.507 e. The van der Waals surface area contributed by atoms with Crippen molar-refractivity contribution in [1.29, 1.82) is 5.26 Å². The molecule has 1 aliphatic heterocycles. The van der Waals surface area contributed by atoms with Gasteiger partial charge in [0.05, 0.1) is 23.4 Å². The lowest BCUT2D eigenvalue weighted by atomic mass is 9.88. The predicted molar refractivity (Wildman–Crippen MR) is 126 cm³/mol. The Bertz CT molecular complexity index is 1100. The van der Waals surface area contributed by atoms with Crippen LogP contribution >= 0.6 is 0 Å². The fourth-order valence-electron chi connectivity index (χ4n) is 4.27. The van der Waals surface area contributed by atoms with Crippen molar-refractivity contribution in [2.75, 3.05) is 25.4 Å². The number of phenolic OH excluding ortho intramolecular Hbond substituents is 1. The van der Waals surface area contributed by atoms with Crippen LogP contribution in [0.1, 0.15) is 41.9 Å². The maximum Gasteiger partial charge on any atom is 0.142 e. The molecule has 32 heavy (non-hydrogen) atoms. The lowest BCUT2D eigenvalue weighted by Crippen LogP contribution is -2.29. The number of rotatable bonds is 7. The van der Waals surface area contributed by atoms with Gasteiger partial charge in [0.15, 0.2) is 0 Å². The Morgan fingerprint density at radius 1 is 1.19 bits per heavy atom. The number of hydrogen-bond acceptors (Lipinski definition) is 6. The second-order valence-electron chi connectivity index (χ2n) is 8.10. The molecule has 0 spiro atoms. The minimum absolute atomic E-state index is 0.0786. The van der Waals surface area contributed by atoms with Crippen LogP contribution in [0.2, 0.25) is 0 Å². The van der Waals surface area contributed by atoms with Crippen LogP contribution in [0.15, 0.2) is 54.6 Å². The molecule has 6 heteroatoms. The molecule has 1 fully saturated rings. The van der Waals surface area contributed by atoms with E-state index in [1.165, 1.54) is 5.56 Å². The monoisotopic (exact) mass is 428 g/mol. The van der Waals surface area contributed by atoms with Crippen LogP contribution in [0.25, 0.3) is 11.3 Å². The average Bonchev–Trinajstić information content (AvgIpc) is 2.82. The highest BCUT2D eigenvalue weighted by atomic mass is 16.5. The summed E-state index contributed by atoms with van der Waals surface area (Å²) in [5.74, 6) is 1.00. The third-order valence-electron chi connectivity index (χ3n) is 5.90. The number of nitrogens with two attached hydrogens (primary N) is 1. The van der Waals surface area contributed by atoms with Crippen molar-refractivity contribution >= 4 is 5.82 Å². The number of hydrogen-bond donors (Lipinski definition) is 3. The molecular weight excluding hydrogens is 400 g/mol. The van der Waals surface area contributed by atoms with Gasteiger partial charge < -0.3 is 20.9 Å². The maximum absolute atomic E-state index is 10.7. The summed E-state index contributed by atoms with van der Waals surface area (Å²) in [6, 6.07) is 19.6. The molecule has 0 amide bonds. The summed E-state index contributed by atoms with van der Waals surface area (Å²) < 4.78 is 6.06. The normalized spacial score (nSPS) is 15.8. The first-order valence-corrected chi connectivity index (χ1v) is 11.1. The Hall–Kier alpha value is -3.56. The number of aromatic nitrogens is 1. The number of nitrogens with one attached hydrogen (secondary N) is 1. The SMILES string of the molecule is N#Cc1c(C2CCCNC2)cc(-c2c(O)cccc2OCCCc2ccccc2)nc1N. The Balaban J connectivity index is 1.60. The highest BCUT2D eigenvalue weighted by molar-refractivity contribution is 5.76. The molecule has 1 aromatic heterocycles. The smallest absolute Gasteiger partial charge is 0.142 e. The zero-order valence-corrected chi connectivity index (χ0v) is 18.1. The van der Waals surface area contributed by atoms with Crippen molar-refractivity contribution in [3.05, 3.63) is 71.3 Å². The van der Waals surface area contributed by atoms with Crippen molar-refractivity contribution in [2.45, 2.75) is 31.6 Å². The molecule has 4 rings (SSSR count). The zero-order chi connectivity index (χ0) is 22.3. The van der Waals surface area contributed by atoms with Crippen molar-refractivity contribution in [3.8, 4) is 28.8 Å². The van der Waals surface area contributed by atoms with Gasteiger partial charge in [0.25, 0.3) is 0 Å². The third-order valence-corrected chi connectivity index (χ3v) is 5.90. The van der Waals surface area contributed by atoms with Gasteiger partial charge in [-0.1, -0.05) is 36.4 Å². The molecule has 1 aliphatic rings. The Morgan fingerprint density at radius 3 is 2.78 bits per heavy atom. The van der Waals surface area contributed by atoms with Gasteiger partial charge in [-0.2, -0.15) is 5.26 Å². The second kappa shape index (κ2) is 10.2. The highest BCUT2D eigenvalue weighted by Crippen LogP contribution is 2.40. The standard InChI is InChI=1S/C26H28N4O2/c27-16-21-20(19-10-5-13-29-17-19)15-22(30-26(21)28)25-23(31)11-4-12-24(25)32-14-6-9-18-7-2-1-3-8-18/h1-4,7-8,11-12,15,19,29,31H,5-6,9-10,13-14,17H2,(H2,28,30). The lowest BCUT2D eigenvalue weighted by molar-refractivity contribution is 0.310. The van der Waals surface area contributed by atoms with Gasteiger partial charge >= 0.3 is 0 Å². The Kier molecular flexibility index (Phi) is 6.88. The molecule has 0 saturated carbocycles. The summed E-state index contributed by atoms with van der Waals surface area (Å²) in [5.41, 5.74) is 9.78. The van der Waals surface area contributed by atoms with Crippen molar-refractivity contribution in [2.24, 2.45) is 0 Å². The van der Waals surface area contributed by atoms with Crippen LogP contribution < -0.4 is 15.8 Å². The van der Waals surface area contributed by atoms with E-state index in [-0.39, 0.29) is 17.5 Å². The number of nitrogen functional groups attached to an aromatic ring is 1. The molecule has 164 valence electrons. The fourth-order valence-corrected chi connectivity index (χ4v) is 4.27. The van der Waals surface area contributed by atoms with Crippen LogP contribution in [0, 0.1) is 11.3 Å². The van der Waals surface area contributed by atoms with E-state index in [9.17, 15) is 10.4 Å². The molecule has 3 aromatic rings. The van der Waals surface area contributed by atoms with E-state index in [4.69, 9.17) is 10.5 Å². The van der Waals surface area contributed by atoms with Crippen LogP contribution in [-0.4, -0.2) is 29.8 Å². The minimum Gasteiger partial charge on any atom is -0.507 e. The van der Waals surface area contributed by atoms with E-state index in [1.54, 1.807) is 12.1 Å². The van der Waals surface area contributed by atoms with E-state index in [1.807, 2.05) is 30.3 Å². The summed E-state index contributed by atoms with van der Waals surface area (Å²) >= 11 is 0. The van der Waals surface area contributed by atoms with Crippen LogP contribution in [-0.2, 0) is 6.42 Å². The van der Waals surface area contributed by atoms with Crippen LogP contribution in [0.5, 0.6) is 11.5 Å². The number of aryl methyl sites for hydroxylation is 1. The topological polar surface area (TPSA) is 104 Å².